The summed E-state index contributed by atoms with van der Waals surface area (Å²) < 4.78 is 0. The average molecular weight is 289 g/mol. The van der Waals surface area contributed by atoms with Crippen molar-refractivity contribution in [2.24, 2.45) is 0 Å². The van der Waals surface area contributed by atoms with E-state index in [1.807, 2.05) is 7.05 Å². The first-order chi connectivity index (χ1) is 9.51. The molecule has 2 aromatic rings. The standard InChI is InChI=1S/C16H23N3S/c1-11(17-3)16-15(18-12(2)20-16)14-8-6-13(7-9-14)10-19(4)5/h6-9,11,17H,10H2,1-5H3. The molecule has 0 radical (unpaired) electrons. The van der Waals surface area contributed by atoms with Gasteiger partial charge in [-0.1, -0.05) is 24.3 Å². The number of hydrogen-bond acceptors (Lipinski definition) is 4. The summed E-state index contributed by atoms with van der Waals surface area (Å²) >= 11 is 1.77. The van der Waals surface area contributed by atoms with Gasteiger partial charge in [0.2, 0.25) is 0 Å². The van der Waals surface area contributed by atoms with Crippen LogP contribution in [0.3, 0.4) is 0 Å². The van der Waals surface area contributed by atoms with Gasteiger partial charge in [0, 0.05) is 23.0 Å². The lowest BCUT2D eigenvalue weighted by Crippen LogP contribution is -2.12. The van der Waals surface area contributed by atoms with Crippen LogP contribution in [-0.4, -0.2) is 31.0 Å². The van der Waals surface area contributed by atoms with Crippen molar-refractivity contribution >= 4 is 11.3 Å². The normalized spacial score (nSPS) is 12.9. The van der Waals surface area contributed by atoms with Gasteiger partial charge in [0.1, 0.15) is 0 Å². The van der Waals surface area contributed by atoms with Gasteiger partial charge < -0.3 is 10.2 Å². The van der Waals surface area contributed by atoms with E-state index in [1.165, 1.54) is 16.0 Å². The SMILES string of the molecule is CNC(C)c1sc(C)nc1-c1ccc(CN(C)C)cc1. The summed E-state index contributed by atoms with van der Waals surface area (Å²) in [6.45, 7) is 5.22. The Morgan fingerprint density at radius 3 is 2.45 bits per heavy atom. The minimum atomic E-state index is 0.331. The molecule has 3 nitrogen and oxygen atoms in total. The highest BCUT2D eigenvalue weighted by Crippen LogP contribution is 2.32. The first-order valence-electron chi connectivity index (χ1n) is 6.90. The maximum atomic E-state index is 4.71. The summed E-state index contributed by atoms with van der Waals surface area (Å²) in [5.41, 5.74) is 3.65. The molecule has 0 aliphatic carbocycles. The molecule has 0 aliphatic rings. The zero-order valence-electron chi connectivity index (χ0n) is 12.9. The molecule has 1 atom stereocenters. The Kier molecular flexibility index (Phi) is 4.91. The predicted molar refractivity (Wildman–Crippen MR) is 87.2 cm³/mol. The lowest BCUT2D eigenvalue weighted by atomic mass is 10.1. The first kappa shape index (κ1) is 15.2. The van der Waals surface area contributed by atoms with Gasteiger partial charge in [0.15, 0.2) is 0 Å². The predicted octanol–water partition coefficient (Wildman–Crippen LogP) is 3.46. The second-order valence-corrected chi connectivity index (χ2v) is 6.63. The molecule has 2 rings (SSSR count). The molecule has 0 saturated heterocycles. The van der Waals surface area contributed by atoms with E-state index in [-0.39, 0.29) is 0 Å². The Morgan fingerprint density at radius 1 is 1.25 bits per heavy atom. The molecule has 1 unspecified atom stereocenters. The van der Waals surface area contributed by atoms with Crippen molar-refractivity contribution in [3.63, 3.8) is 0 Å². The molecule has 0 spiro atoms. The van der Waals surface area contributed by atoms with Crippen LogP contribution in [0.1, 0.15) is 28.4 Å². The number of hydrogen-bond donors (Lipinski definition) is 1. The van der Waals surface area contributed by atoms with Gasteiger partial charge in [-0.05, 0) is 40.6 Å². The van der Waals surface area contributed by atoms with E-state index in [0.717, 1.165) is 17.2 Å². The highest BCUT2D eigenvalue weighted by molar-refractivity contribution is 7.12. The van der Waals surface area contributed by atoms with Crippen LogP contribution in [0.5, 0.6) is 0 Å². The minimum Gasteiger partial charge on any atom is -0.312 e. The van der Waals surface area contributed by atoms with Crippen LogP contribution in [0.15, 0.2) is 24.3 Å². The van der Waals surface area contributed by atoms with Crippen molar-refractivity contribution < 1.29 is 0 Å². The van der Waals surface area contributed by atoms with E-state index >= 15 is 0 Å². The van der Waals surface area contributed by atoms with Crippen molar-refractivity contribution in [1.82, 2.24) is 15.2 Å². The fraction of sp³-hybridized carbons (Fsp3) is 0.438. The van der Waals surface area contributed by atoms with Gasteiger partial charge in [0.25, 0.3) is 0 Å². The van der Waals surface area contributed by atoms with Crippen LogP contribution in [-0.2, 0) is 6.54 Å². The van der Waals surface area contributed by atoms with E-state index in [4.69, 9.17) is 4.98 Å². The summed E-state index contributed by atoms with van der Waals surface area (Å²) in [4.78, 5) is 8.20. The first-order valence-corrected chi connectivity index (χ1v) is 7.71. The Hall–Kier alpha value is -1.23. The summed E-state index contributed by atoms with van der Waals surface area (Å²) in [6, 6.07) is 9.08. The zero-order chi connectivity index (χ0) is 14.7. The Balaban J connectivity index is 2.32. The lowest BCUT2D eigenvalue weighted by Gasteiger charge is -2.12. The summed E-state index contributed by atoms with van der Waals surface area (Å²) in [5, 5.41) is 4.43. The number of aromatic nitrogens is 1. The number of aryl methyl sites for hydroxylation is 1. The largest absolute Gasteiger partial charge is 0.312 e. The Morgan fingerprint density at radius 2 is 1.90 bits per heavy atom. The number of rotatable bonds is 5. The fourth-order valence-corrected chi connectivity index (χ4v) is 3.22. The monoisotopic (exact) mass is 289 g/mol. The molecular formula is C16H23N3S. The number of nitrogens with one attached hydrogen (secondary N) is 1. The molecule has 1 aromatic carbocycles. The van der Waals surface area contributed by atoms with Crippen LogP contribution >= 0.6 is 11.3 Å². The molecular weight excluding hydrogens is 266 g/mol. The average Bonchev–Trinajstić information content (AvgIpc) is 2.80. The van der Waals surface area contributed by atoms with E-state index in [1.54, 1.807) is 11.3 Å². The molecule has 0 fully saturated rings. The van der Waals surface area contributed by atoms with Crippen molar-refractivity contribution in [1.29, 1.82) is 0 Å². The van der Waals surface area contributed by atoms with Crippen molar-refractivity contribution in [3.05, 3.63) is 39.7 Å². The molecule has 0 saturated carbocycles. The number of benzene rings is 1. The fourth-order valence-electron chi connectivity index (χ4n) is 2.21. The van der Waals surface area contributed by atoms with Crippen LogP contribution in [0.4, 0.5) is 0 Å². The molecule has 0 bridgehead atoms. The van der Waals surface area contributed by atoms with Gasteiger partial charge in [-0.2, -0.15) is 0 Å². The van der Waals surface area contributed by atoms with Crippen molar-refractivity contribution in [3.8, 4) is 11.3 Å². The molecule has 1 aromatic heterocycles. The smallest absolute Gasteiger partial charge is 0.0905 e. The van der Waals surface area contributed by atoms with E-state index in [0.29, 0.717) is 6.04 Å². The number of nitrogens with zero attached hydrogens (tertiary/aromatic N) is 2. The van der Waals surface area contributed by atoms with E-state index < -0.39 is 0 Å². The minimum absolute atomic E-state index is 0.331. The maximum Gasteiger partial charge on any atom is 0.0905 e. The van der Waals surface area contributed by atoms with Crippen LogP contribution in [0.25, 0.3) is 11.3 Å². The highest BCUT2D eigenvalue weighted by Gasteiger charge is 2.15. The Labute approximate surface area is 125 Å². The topological polar surface area (TPSA) is 28.2 Å². The van der Waals surface area contributed by atoms with E-state index in [9.17, 15) is 0 Å². The second-order valence-electron chi connectivity index (χ2n) is 5.39. The summed E-state index contributed by atoms with van der Waals surface area (Å²) in [6.07, 6.45) is 0. The molecule has 0 amide bonds. The lowest BCUT2D eigenvalue weighted by molar-refractivity contribution is 0.402. The molecule has 108 valence electrons. The Bertz CT molecular complexity index is 558. The third-order valence-electron chi connectivity index (χ3n) is 3.31. The highest BCUT2D eigenvalue weighted by atomic mass is 32.1. The third-order valence-corrected chi connectivity index (χ3v) is 4.47. The van der Waals surface area contributed by atoms with Gasteiger partial charge >= 0.3 is 0 Å². The molecule has 1 heterocycles. The van der Waals surface area contributed by atoms with Crippen molar-refractivity contribution in [2.75, 3.05) is 21.1 Å². The summed E-state index contributed by atoms with van der Waals surface area (Å²) in [5.74, 6) is 0. The maximum absolute atomic E-state index is 4.71. The molecule has 4 heteroatoms. The van der Waals surface area contributed by atoms with Crippen LogP contribution < -0.4 is 5.32 Å². The third kappa shape index (κ3) is 3.45. The second kappa shape index (κ2) is 6.48. The molecule has 0 aliphatic heterocycles. The van der Waals surface area contributed by atoms with Crippen LogP contribution in [0, 0.1) is 6.92 Å². The molecule has 20 heavy (non-hydrogen) atoms. The van der Waals surface area contributed by atoms with Gasteiger partial charge in [-0.25, -0.2) is 4.98 Å². The zero-order valence-corrected chi connectivity index (χ0v) is 13.7. The van der Waals surface area contributed by atoms with Gasteiger partial charge in [0.05, 0.1) is 10.7 Å². The quantitative estimate of drug-likeness (QED) is 0.913. The van der Waals surface area contributed by atoms with Crippen molar-refractivity contribution in [2.45, 2.75) is 26.4 Å². The number of thiazole rings is 1. The van der Waals surface area contributed by atoms with Crippen LogP contribution in [0.2, 0.25) is 0 Å². The summed E-state index contributed by atoms with van der Waals surface area (Å²) in [7, 11) is 6.17. The van der Waals surface area contributed by atoms with E-state index in [2.05, 4.69) is 62.4 Å². The van der Waals surface area contributed by atoms with Gasteiger partial charge in [-0.3, -0.25) is 0 Å². The molecule has 1 N–H and O–H groups in total. The van der Waals surface area contributed by atoms with Gasteiger partial charge in [-0.15, -0.1) is 11.3 Å².